The number of carbonyl (C=O) groups excluding carboxylic acids is 1. The molecule has 2 aromatic rings. The summed E-state index contributed by atoms with van der Waals surface area (Å²) >= 11 is 0. The molecule has 1 saturated carbocycles. The van der Waals surface area contributed by atoms with E-state index in [1.807, 2.05) is 25.1 Å². The van der Waals surface area contributed by atoms with Crippen molar-refractivity contribution >= 4 is 5.91 Å². The lowest BCUT2D eigenvalue weighted by molar-refractivity contribution is 0.0930. The van der Waals surface area contributed by atoms with Gasteiger partial charge in [-0.15, -0.1) is 0 Å². The molecule has 2 N–H and O–H groups in total. The van der Waals surface area contributed by atoms with E-state index >= 15 is 0 Å². The van der Waals surface area contributed by atoms with E-state index in [0.717, 1.165) is 24.1 Å². The zero-order valence-corrected chi connectivity index (χ0v) is 15.4. The van der Waals surface area contributed by atoms with E-state index in [4.69, 9.17) is 0 Å². The Hall–Kier alpha value is -2.64. The summed E-state index contributed by atoms with van der Waals surface area (Å²) in [4.78, 5) is 17.3. The summed E-state index contributed by atoms with van der Waals surface area (Å²) in [7, 11) is 0. The van der Waals surface area contributed by atoms with Gasteiger partial charge in [-0.2, -0.15) is 0 Å². The first-order valence-electron chi connectivity index (χ1n) is 8.91. The smallest absolute Gasteiger partial charge is 0.251 e. The van der Waals surface area contributed by atoms with Crippen molar-refractivity contribution in [3.63, 3.8) is 0 Å². The number of aryl methyl sites for hydroxylation is 1. The van der Waals surface area contributed by atoms with E-state index < -0.39 is 5.60 Å². The molecule has 4 heteroatoms. The number of nitrogens with zero attached hydrogens (tertiary/aromatic N) is 1. The minimum Gasteiger partial charge on any atom is -0.378 e. The van der Waals surface area contributed by atoms with Crippen molar-refractivity contribution in [2.24, 2.45) is 5.92 Å². The molecule has 0 bridgehead atoms. The van der Waals surface area contributed by atoms with Crippen LogP contribution in [0.2, 0.25) is 0 Å². The molecule has 1 aromatic carbocycles. The Bertz CT molecular complexity index is 867. The number of nitrogens with one attached hydrogen (secondary N) is 1. The van der Waals surface area contributed by atoms with Gasteiger partial charge in [0.05, 0.1) is 11.7 Å². The van der Waals surface area contributed by atoms with E-state index in [1.165, 1.54) is 0 Å². The fourth-order valence-corrected chi connectivity index (χ4v) is 2.85. The Labute approximate surface area is 154 Å². The fourth-order valence-electron chi connectivity index (χ4n) is 2.85. The number of amides is 1. The lowest BCUT2D eigenvalue weighted by Crippen LogP contribution is -2.31. The highest BCUT2D eigenvalue weighted by molar-refractivity contribution is 5.94. The Kier molecular flexibility index (Phi) is 5.11. The number of benzene rings is 1. The molecule has 0 spiro atoms. The summed E-state index contributed by atoms with van der Waals surface area (Å²) in [5, 5.41) is 12.9. The number of rotatable bonds is 4. The van der Waals surface area contributed by atoms with Crippen LogP contribution in [0.1, 0.15) is 59.9 Å². The highest BCUT2D eigenvalue weighted by atomic mass is 16.3. The van der Waals surface area contributed by atoms with Crippen LogP contribution in [0.5, 0.6) is 0 Å². The van der Waals surface area contributed by atoms with Crippen LogP contribution < -0.4 is 5.32 Å². The topological polar surface area (TPSA) is 62.2 Å². The van der Waals surface area contributed by atoms with Crippen molar-refractivity contribution < 1.29 is 9.90 Å². The molecule has 1 aliphatic carbocycles. The van der Waals surface area contributed by atoms with E-state index in [1.54, 1.807) is 38.2 Å². The molecule has 1 heterocycles. The highest BCUT2D eigenvalue weighted by Crippen LogP contribution is 2.41. The van der Waals surface area contributed by atoms with Crippen LogP contribution in [-0.2, 0) is 0 Å². The summed E-state index contributed by atoms with van der Waals surface area (Å²) in [5.41, 5.74) is 2.24. The Morgan fingerprint density at radius 2 is 2.08 bits per heavy atom. The largest absolute Gasteiger partial charge is 0.378 e. The molecule has 134 valence electrons. The minimum absolute atomic E-state index is 0.0604. The first-order chi connectivity index (χ1) is 12.3. The van der Waals surface area contributed by atoms with Crippen LogP contribution in [-0.4, -0.2) is 21.6 Å². The van der Waals surface area contributed by atoms with E-state index in [0.29, 0.717) is 17.0 Å². The maximum Gasteiger partial charge on any atom is 0.251 e. The third-order valence-corrected chi connectivity index (χ3v) is 4.36. The van der Waals surface area contributed by atoms with Gasteiger partial charge in [-0.1, -0.05) is 24.0 Å². The maximum atomic E-state index is 12.8. The number of hydrogen-bond donors (Lipinski definition) is 2. The quantitative estimate of drug-likeness (QED) is 0.833. The summed E-state index contributed by atoms with van der Waals surface area (Å²) in [6.07, 6.45) is 3.99. The van der Waals surface area contributed by atoms with Crippen LogP contribution in [0.3, 0.4) is 0 Å². The molecular weight excluding hydrogens is 324 g/mol. The van der Waals surface area contributed by atoms with Crippen LogP contribution in [0.4, 0.5) is 0 Å². The summed E-state index contributed by atoms with van der Waals surface area (Å²) in [6, 6.07) is 11.0. The van der Waals surface area contributed by atoms with Crippen LogP contribution >= 0.6 is 0 Å². The van der Waals surface area contributed by atoms with Gasteiger partial charge in [0.2, 0.25) is 0 Å². The van der Waals surface area contributed by atoms with Gasteiger partial charge in [-0.3, -0.25) is 9.78 Å². The normalized spacial score (nSPS) is 14.9. The Morgan fingerprint density at radius 3 is 2.73 bits per heavy atom. The van der Waals surface area contributed by atoms with Gasteiger partial charge >= 0.3 is 0 Å². The molecule has 4 nitrogen and oxygen atoms in total. The second-order valence-electron chi connectivity index (χ2n) is 7.38. The van der Waals surface area contributed by atoms with Crippen LogP contribution in [0.25, 0.3) is 0 Å². The fraction of sp³-hybridized carbons (Fsp3) is 0.364. The molecule has 1 fully saturated rings. The SMILES string of the molecule is Cc1cccnc1C(NC(=O)c1cccc(C#CC(C)(C)O)c1)C1CC1. The minimum atomic E-state index is -1.06. The monoisotopic (exact) mass is 348 g/mol. The highest BCUT2D eigenvalue weighted by Gasteiger charge is 2.35. The molecule has 1 aliphatic rings. The van der Waals surface area contributed by atoms with Crippen LogP contribution in [0, 0.1) is 24.7 Å². The Balaban J connectivity index is 1.80. The third-order valence-electron chi connectivity index (χ3n) is 4.36. The Morgan fingerprint density at radius 1 is 1.31 bits per heavy atom. The maximum absolute atomic E-state index is 12.8. The zero-order chi connectivity index (χ0) is 18.7. The summed E-state index contributed by atoms with van der Waals surface area (Å²) in [5.74, 6) is 6.01. The third kappa shape index (κ3) is 4.71. The average molecular weight is 348 g/mol. The second-order valence-corrected chi connectivity index (χ2v) is 7.38. The first-order valence-corrected chi connectivity index (χ1v) is 8.91. The van der Waals surface area contributed by atoms with Gasteiger partial charge in [0.15, 0.2) is 0 Å². The van der Waals surface area contributed by atoms with Gasteiger partial charge in [-0.05, 0) is 69.4 Å². The van der Waals surface area contributed by atoms with Gasteiger partial charge < -0.3 is 10.4 Å². The molecule has 0 aliphatic heterocycles. The van der Waals surface area contributed by atoms with Gasteiger partial charge in [0.1, 0.15) is 5.60 Å². The number of hydrogen-bond acceptors (Lipinski definition) is 3. The molecule has 0 saturated heterocycles. The van der Waals surface area contributed by atoms with Crippen molar-refractivity contribution in [3.8, 4) is 11.8 Å². The molecule has 3 rings (SSSR count). The van der Waals surface area contributed by atoms with Crippen molar-refractivity contribution in [1.82, 2.24) is 10.3 Å². The van der Waals surface area contributed by atoms with E-state index in [2.05, 4.69) is 22.1 Å². The molecule has 0 radical (unpaired) electrons. The van der Waals surface area contributed by atoms with E-state index in [9.17, 15) is 9.90 Å². The molecule has 1 amide bonds. The lowest BCUT2D eigenvalue weighted by Gasteiger charge is -2.19. The van der Waals surface area contributed by atoms with Crippen LogP contribution in [0.15, 0.2) is 42.6 Å². The first kappa shape index (κ1) is 18.2. The molecule has 26 heavy (non-hydrogen) atoms. The van der Waals surface area contributed by atoms with Gasteiger partial charge in [0.25, 0.3) is 5.91 Å². The number of aliphatic hydroxyl groups is 1. The van der Waals surface area contributed by atoms with Crippen molar-refractivity contribution in [1.29, 1.82) is 0 Å². The molecular formula is C22H24N2O2. The van der Waals surface area contributed by atoms with Crippen molar-refractivity contribution in [3.05, 3.63) is 65.0 Å². The van der Waals surface area contributed by atoms with Crippen molar-refractivity contribution in [2.75, 3.05) is 0 Å². The number of carbonyl (C=O) groups is 1. The predicted octanol–water partition coefficient (Wildman–Crippen LogP) is 3.39. The standard InChI is InChI=1S/C22H24N2O2/c1-15-6-5-13-23-19(15)20(17-9-10-17)24-21(25)18-8-4-7-16(14-18)11-12-22(2,3)26/h4-8,13-14,17,20,26H,9-10H2,1-3H3,(H,24,25). The molecule has 1 aromatic heterocycles. The average Bonchev–Trinajstić information content (AvgIpc) is 3.43. The second kappa shape index (κ2) is 7.31. The van der Waals surface area contributed by atoms with Crippen molar-refractivity contribution in [2.45, 2.75) is 45.3 Å². The number of pyridine rings is 1. The number of aromatic nitrogens is 1. The summed E-state index contributed by atoms with van der Waals surface area (Å²) in [6.45, 7) is 5.29. The zero-order valence-electron chi connectivity index (χ0n) is 15.4. The summed E-state index contributed by atoms with van der Waals surface area (Å²) < 4.78 is 0. The van der Waals surface area contributed by atoms with Gasteiger partial charge in [-0.25, -0.2) is 0 Å². The molecule has 1 atom stereocenters. The van der Waals surface area contributed by atoms with Gasteiger partial charge in [0, 0.05) is 17.3 Å². The molecule has 1 unspecified atom stereocenters. The predicted molar refractivity (Wildman–Crippen MR) is 102 cm³/mol. The van der Waals surface area contributed by atoms with E-state index in [-0.39, 0.29) is 11.9 Å². The lowest BCUT2D eigenvalue weighted by atomic mass is 10.0.